The van der Waals surface area contributed by atoms with Crippen molar-refractivity contribution in [1.82, 2.24) is 9.80 Å². The van der Waals surface area contributed by atoms with Gasteiger partial charge in [0.15, 0.2) is 0 Å². The Kier molecular flexibility index (Phi) is 5.43. The molecule has 0 aromatic rings. The van der Waals surface area contributed by atoms with Crippen molar-refractivity contribution in [1.29, 1.82) is 0 Å². The zero-order chi connectivity index (χ0) is 15.6. The molecule has 0 radical (unpaired) electrons. The molecule has 4 heteroatoms. The Labute approximate surface area is 136 Å². The van der Waals surface area contributed by atoms with Gasteiger partial charge in [0.2, 0.25) is 0 Å². The van der Waals surface area contributed by atoms with Crippen molar-refractivity contribution in [3.05, 3.63) is 0 Å². The maximum atomic E-state index is 5.41. The number of hydrogen-bond donors (Lipinski definition) is 0. The van der Waals surface area contributed by atoms with E-state index in [0.29, 0.717) is 11.5 Å². The van der Waals surface area contributed by atoms with E-state index in [9.17, 15) is 0 Å². The second kappa shape index (κ2) is 7.16. The lowest BCUT2D eigenvalue weighted by molar-refractivity contribution is -0.128. The van der Waals surface area contributed by atoms with Gasteiger partial charge < -0.3 is 19.3 Å². The van der Waals surface area contributed by atoms with Gasteiger partial charge in [0, 0.05) is 46.0 Å². The third-order valence-corrected chi connectivity index (χ3v) is 6.33. The average molecular weight is 310 g/mol. The Bertz CT molecular complexity index is 343. The van der Waals surface area contributed by atoms with Gasteiger partial charge in [-0.2, -0.15) is 0 Å². The predicted octanol–water partition coefficient (Wildman–Crippen LogP) is 2.38. The predicted molar refractivity (Wildman–Crippen MR) is 89.2 cm³/mol. The van der Waals surface area contributed by atoms with Crippen molar-refractivity contribution in [2.45, 2.75) is 63.1 Å². The van der Waals surface area contributed by atoms with E-state index >= 15 is 0 Å². The molecule has 1 saturated heterocycles. The Morgan fingerprint density at radius 1 is 1.05 bits per heavy atom. The number of methoxy groups -OCH3 is 2. The van der Waals surface area contributed by atoms with Gasteiger partial charge in [0.05, 0.1) is 6.10 Å². The first-order valence-electron chi connectivity index (χ1n) is 9.12. The maximum absolute atomic E-state index is 5.41. The highest BCUT2D eigenvalue weighted by atomic mass is 16.5. The third kappa shape index (κ3) is 3.50. The van der Waals surface area contributed by atoms with Crippen LogP contribution in [0.2, 0.25) is 0 Å². The van der Waals surface area contributed by atoms with Crippen molar-refractivity contribution in [2.75, 3.05) is 47.5 Å². The van der Waals surface area contributed by atoms with Crippen molar-refractivity contribution < 1.29 is 9.47 Å². The first kappa shape index (κ1) is 16.7. The monoisotopic (exact) mass is 310 g/mol. The average Bonchev–Trinajstić information content (AvgIpc) is 2.37. The molecule has 2 aliphatic carbocycles. The Balaban J connectivity index is 1.25. The van der Waals surface area contributed by atoms with Gasteiger partial charge in [-0.3, -0.25) is 0 Å². The molecule has 1 heterocycles. The minimum atomic E-state index is 0.527. The minimum Gasteiger partial charge on any atom is -0.385 e. The Morgan fingerprint density at radius 2 is 1.77 bits per heavy atom. The van der Waals surface area contributed by atoms with Crippen LogP contribution in [0.1, 0.15) is 44.9 Å². The summed E-state index contributed by atoms with van der Waals surface area (Å²) in [6.07, 6.45) is 9.73. The summed E-state index contributed by atoms with van der Waals surface area (Å²) in [5.41, 5.74) is 0.690. The molecule has 1 spiro atoms. The van der Waals surface area contributed by atoms with Crippen LogP contribution < -0.4 is 0 Å². The van der Waals surface area contributed by atoms with Gasteiger partial charge >= 0.3 is 0 Å². The van der Waals surface area contributed by atoms with Crippen molar-refractivity contribution >= 4 is 0 Å². The Morgan fingerprint density at radius 3 is 2.41 bits per heavy atom. The number of likely N-dealkylation sites (tertiary alicyclic amines) is 1. The molecule has 0 unspecified atom stereocenters. The number of nitrogens with zero attached hydrogens (tertiary/aromatic N) is 2. The molecule has 0 N–H and O–H groups in total. The first-order valence-corrected chi connectivity index (χ1v) is 9.12. The topological polar surface area (TPSA) is 24.9 Å². The van der Waals surface area contributed by atoms with Gasteiger partial charge in [-0.25, -0.2) is 0 Å². The second-order valence-electron chi connectivity index (χ2n) is 7.97. The van der Waals surface area contributed by atoms with Crippen LogP contribution >= 0.6 is 0 Å². The summed E-state index contributed by atoms with van der Waals surface area (Å²) in [5.74, 6) is 0. The zero-order valence-electron chi connectivity index (χ0n) is 14.7. The molecule has 3 aliphatic rings. The minimum absolute atomic E-state index is 0.527. The van der Waals surface area contributed by atoms with Crippen molar-refractivity contribution in [3.63, 3.8) is 0 Å². The lowest BCUT2D eigenvalue weighted by atomic mass is 9.59. The van der Waals surface area contributed by atoms with Gasteiger partial charge in [0.25, 0.3) is 0 Å². The normalized spacial score (nSPS) is 31.1. The molecule has 3 rings (SSSR count). The van der Waals surface area contributed by atoms with Gasteiger partial charge in [0.1, 0.15) is 0 Å². The molecule has 0 aromatic carbocycles. The fraction of sp³-hybridized carbons (Fsp3) is 1.00. The van der Waals surface area contributed by atoms with E-state index in [2.05, 4.69) is 16.8 Å². The van der Waals surface area contributed by atoms with Crippen LogP contribution in [0.5, 0.6) is 0 Å². The van der Waals surface area contributed by atoms with E-state index in [1.54, 1.807) is 7.11 Å². The number of rotatable bonds is 9. The van der Waals surface area contributed by atoms with Crippen LogP contribution in [0.4, 0.5) is 0 Å². The van der Waals surface area contributed by atoms with E-state index in [-0.39, 0.29) is 0 Å². The molecular formula is C18H34N2O2. The SMILES string of the molecule is COCCCCCN1CC2(CC(N(C)C3CC(OC)C3)C2)C1. The van der Waals surface area contributed by atoms with Gasteiger partial charge in [-0.05, 0) is 64.0 Å². The summed E-state index contributed by atoms with van der Waals surface area (Å²) >= 11 is 0. The molecule has 2 saturated carbocycles. The summed E-state index contributed by atoms with van der Waals surface area (Å²) in [6, 6.07) is 1.62. The maximum Gasteiger partial charge on any atom is 0.0601 e. The molecule has 0 amide bonds. The molecule has 0 atom stereocenters. The Hall–Kier alpha value is -0.160. The summed E-state index contributed by atoms with van der Waals surface area (Å²) in [4.78, 5) is 5.31. The molecule has 4 nitrogen and oxygen atoms in total. The number of hydrogen-bond acceptors (Lipinski definition) is 4. The largest absolute Gasteiger partial charge is 0.385 e. The lowest BCUT2D eigenvalue weighted by Crippen LogP contribution is -2.67. The summed E-state index contributed by atoms with van der Waals surface area (Å²) < 4.78 is 10.5. The van der Waals surface area contributed by atoms with Crippen molar-refractivity contribution in [2.24, 2.45) is 5.41 Å². The van der Waals surface area contributed by atoms with E-state index in [4.69, 9.17) is 9.47 Å². The zero-order valence-corrected chi connectivity index (χ0v) is 14.7. The van der Waals surface area contributed by atoms with Gasteiger partial charge in [-0.1, -0.05) is 0 Å². The van der Waals surface area contributed by atoms with Crippen LogP contribution in [-0.4, -0.2) is 75.5 Å². The fourth-order valence-corrected chi connectivity index (χ4v) is 4.67. The van der Waals surface area contributed by atoms with E-state index in [1.807, 2.05) is 7.11 Å². The van der Waals surface area contributed by atoms with E-state index in [0.717, 1.165) is 18.7 Å². The summed E-state index contributed by atoms with van der Waals surface area (Å²) in [5, 5.41) is 0. The molecular weight excluding hydrogens is 276 g/mol. The fourth-order valence-electron chi connectivity index (χ4n) is 4.67. The molecule has 3 fully saturated rings. The number of unbranched alkanes of at least 4 members (excludes halogenated alkanes) is 2. The number of ether oxygens (including phenoxy) is 2. The molecule has 0 aromatic heterocycles. The highest BCUT2D eigenvalue weighted by Gasteiger charge is 2.54. The summed E-state index contributed by atoms with van der Waals surface area (Å²) in [6.45, 7) is 4.92. The molecule has 22 heavy (non-hydrogen) atoms. The second-order valence-corrected chi connectivity index (χ2v) is 7.97. The van der Waals surface area contributed by atoms with Gasteiger partial charge in [-0.15, -0.1) is 0 Å². The quantitative estimate of drug-likeness (QED) is 0.611. The van der Waals surface area contributed by atoms with E-state index < -0.39 is 0 Å². The third-order valence-electron chi connectivity index (χ3n) is 6.33. The highest BCUT2D eigenvalue weighted by Crippen LogP contribution is 2.51. The van der Waals surface area contributed by atoms with Crippen LogP contribution in [-0.2, 0) is 9.47 Å². The van der Waals surface area contributed by atoms with Crippen LogP contribution in [0.15, 0.2) is 0 Å². The first-order chi connectivity index (χ1) is 10.7. The summed E-state index contributed by atoms with van der Waals surface area (Å²) in [7, 11) is 5.97. The van der Waals surface area contributed by atoms with Crippen molar-refractivity contribution in [3.8, 4) is 0 Å². The standard InChI is InChI=1S/C18H34N2O2/c1-19(15-9-17(10-15)22-3)16-11-18(12-16)13-20(14-18)7-5-4-6-8-21-2/h15-17H,4-14H2,1-3H3. The van der Waals surface area contributed by atoms with Crippen LogP contribution in [0, 0.1) is 5.41 Å². The van der Waals surface area contributed by atoms with Crippen LogP contribution in [0.25, 0.3) is 0 Å². The highest BCUT2D eigenvalue weighted by molar-refractivity contribution is 5.08. The van der Waals surface area contributed by atoms with E-state index in [1.165, 1.54) is 64.6 Å². The molecule has 0 bridgehead atoms. The molecule has 128 valence electrons. The molecule has 1 aliphatic heterocycles. The smallest absolute Gasteiger partial charge is 0.0601 e. The lowest BCUT2D eigenvalue weighted by Gasteiger charge is -2.62. The van der Waals surface area contributed by atoms with Crippen LogP contribution in [0.3, 0.4) is 0 Å².